The van der Waals surface area contributed by atoms with Gasteiger partial charge in [0.1, 0.15) is 5.60 Å². The van der Waals surface area contributed by atoms with Crippen molar-refractivity contribution in [1.82, 2.24) is 14.6 Å². The van der Waals surface area contributed by atoms with Gasteiger partial charge in [-0.2, -0.15) is 4.31 Å². The van der Waals surface area contributed by atoms with E-state index in [0.717, 1.165) is 11.8 Å². The Morgan fingerprint density at radius 2 is 2.11 bits per heavy atom. The Bertz CT molecular complexity index is 1010. The second-order valence-electron chi connectivity index (χ2n) is 8.33. The molecule has 8 heteroatoms. The number of sulfonamides is 1. The fraction of sp³-hybridized carbons (Fsp3) is 0.474. The average molecular weight is 389 g/mol. The number of carbonyl (C=O) groups excluding carboxylic acids is 1. The van der Waals surface area contributed by atoms with Gasteiger partial charge in [-0.1, -0.05) is 12.1 Å². The Labute approximate surface area is 158 Å². The third-order valence-electron chi connectivity index (χ3n) is 5.12. The predicted molar refractivity (Wildman–Crippen MR) is 101 cm³/mol. The molecular weight excluding hydrogens is 366 g/mol. The summed E-state index contributed by atoms with van der Waals surface area (Å²) in [5.41, 5.74) is -1.10. The number of fused-ring (bicyclic) bond motifs is 2. The van der Waals surface area contributed by atoms with Crippen LogP contribution in [0.1, 0.15) is 27.2 Å². The summed E-state index contributed by atoms with van der Waals surface area (Å²) in [4.78, 5) is 16.5. The second kappa shape index (κ2) is 5.90. The van der Waals surface area contributed by atoms with Gasteiger partial charge in [0.25, 0.3) is 0 Å². The van der Waals surface area contributed by atoms with Gasteiger partial charge in [-0.25, -0.2) is 13.2 Å². The third kappa shape index (κ3) is 3.27. The normalized spacial score (nSPS) is 25.2. The van der Waals surface area contributed by atoms with Gasteiger partial charge < -0.3 is 10.1 Å². The van der Waals surface area contributed by atoms with Crippen LogP contribution in [0.3, 0.4) is 0 Å². The van der Waals surface area contributed by atoms with Crippen LogP contribution in [0.2, 0.25) is 0 Å². The van der Waals surface area contributed by atoms with E-state index in [-0.39, 0.29) is 17.4 Å². The number of benzene rings is 1. The largest absolute Gasteiger partial charge is 0.444 e. The van der Waals surface area contributed by atoms with Crippen LogP contribution in [0.5, 0.6) is 0 Å². The minimum Gasteiger partial charge on any atom is -0.444 e. The fourth-order valence-corrected chi connectivity index (χ4v) is 5.55. The van der Waals surface area contributed by atoms with E-state index in [1.54, 1.807) is 51.4 Å². The Morgan fingerprint density at radius 3 is 2.85 bits per heavy atom. The number of ether oxygens (including phenoxy) is 1. The lowest BCUT2D eigenvalue weighted by molar-refractivity contribution is 0.0495. The third-order valence-corrected chi connectivity index (χ3v) is 6.99. The van der Waals surface area contributed by atoms with Gasteiger partial charge in [0, 0.05) is 36.3 Å². The van der Waals surface area contributed by atoms with Crippen LogP contribution in [-0.4, -0.2) is 48.0 Å². The molecule has 0 bridgehead atoms. The summed E-state index contributed by atoms with van der Waals surface area (Å²) < 4.78 is 33.3. The number of rotatable bonds is 3. The SMILES string of the molecule is CC(C)(C)OC(=O)NC12CC1CN(S(=O)(=O)c1cccc3cnccc13)C2. The van der Waals surface area contributed by atoms with Crippen molar-refractivity contribution in [2.24, 2.45) is 5.92 Å². The number of carbonyl (C=O) groups is 1. The first kappa shape index (κ1) is 18.2. The van der Waals surface area contributed by atoms with Gasteiger partial charge in [-0.05, 0) is 45.2 Å². The molecule has 144 valence electrons. The maximum absolute atomic E-state index is 13.2. The van der Waals surface area contributed by atoms with E-state index in [0.29, 0.717) is 11.9 Å². The highest BCUT2D eigenvalue weighted by Crippen LogP contribution is 2.51. The zero-order chi connectivity index (χ0) is 19.4. The zero-order valence-corrected chi connectivity index (χ0v) is 16.4. The molecule has 1 aliphatic heterocycles. The maximum atomic E-state index is 13.2. The standard InChI is InChI=1S/C19H23N3O4S/c1-18(2,3)26-17(23)21-19-9-14(19)11-22(12-19)27(24,25)16-6-4-5-13-10-20-8-7-15(13)16/h4-8,10,14H,9,11-12H2,1-3H3,(H,21,23). The minimum absolute atomic E-state index is 0.122. The van der Waals surface area contributed by atoms with E-state index < -0.39 is 27.3 Å². The molecule has 1 N–H and O–H groups in total. The van der Waals surface area contributed by atoms with Gasteiger partial charge in [-0.15, -0.1) is 0 Å². The van der Waals surface area contributed by atoms with Crippen molar-refractivity contribution in [3.8, 4) is 0 Å². The smallest absolute Gasteiger partial charge is 0.408 e. The molecule has 2 aromatic rings. The van der Waals surface area contributed by atoms with Crippen LogP contribution in [0.25, 0.3) is 10.8 Å². The van der Waals surface area contributed by atoms with Crippen molar-refractivity contribution >= 4 is 26.9 Å². The summed E-state index contributed by atoms with van der Waals surface area (Å²) in [5, 5.41) is 4.34. The summed E-state index contributed by atoms with van der Waals surface area (Å²) in [5.74, 6) is 0.122. The van der Waals surface area contributed by atoms with E-state index in [4.69, 9.17) is 4.74 Å². The van der Waals surface area contributed by atoms with Gasteiger partial charge in [0.15, 0.2) is 0 Å². The van der Waals surface area contributed by atoms with E-state index in [1.807, 2.05) is 6.07 Å². The van der Waals surface area contributed by atoms with E-state index in [9.17, 15) is 13.2 Å². The second-order valence-corrected chi connectivity index (χ2v) is 10.2. The fourth-order valence-electron chi connectivity index (χ4n) is 3.78. The number of alkyl carbamates (subject to hydrolysis) is 1. The highest BCUT2D eigenvalue weighted by atomic mass is 32.2. The molecule has 1 aromatic heterocycles. The van der Waals surface area contributed by atoms with Crippen LogP contribution in [0.15, 0.2) is 41.6 Å². The molecule has 2 unspecified atom stereocenters. The molecule has 27 heavy (non-hydrogen) atoms. The van der Waals surface area contributed by atoms with Gasteiger partial charge >= 0.3 is 6.09 Å². The number of aromatic nitrogens is 1. The highest BCUT2D eigenvalue weighted by molar-refractivity contribution is 7.89. The molecule has 1 aromatic carbocycles. The zero-order valence-electron chi connectivity index (χ0n) is 15.6. The van der Waals surface area contributed by atoms with E-state index in [1.165, 1.54) is 4.31 Å². The van der Waals surface area contributed by atoms with Crippen LogP contribution < -0.4 is 5.32 Å². The first-order chi connectivity index (χ1) is 12.6. The lowest BCUT2D eigenvalue weighted by Gasteiger charge is -2.24. The van der Waals surface area contributed by atoms with Gasteiger partial charge in [0.2, 0.25) is 10.0 Å². The Hall–Kier alpha value is -2.19. The van der Waals surface area contributed by atoms with Crippen LogP contribution >= 0.6 is 0 Å². The number of amides is 1. The number of nitrogens with one attached hydrogen (secondary N) is 1. The molecule has 2 aliphatic rings. The molecule has 1 amide bonds. The number of hydrogen-bond donors (Lipinski definition) is 1. The van der Waals surface area contributed by atoms with Crippen molar-refractivity contribution in [3.05, 3.63) is 36.7 Å². The lowest BCUT2D eigenvalue weighted by Crippen LogP contribution is -2.45. The molecule has 1 saturated carbocycles. The Balaban J connectivity index is 1.56. The van der Waals surface area contributed by atoms with Gasteiger partial charge in [0.05, 0.1) is 10.4 Å². The van der Waals surface area contributed by atoms with E-state index in [2.05, 4.69) is 10.3 Å². The number of hydrogen-bond acceptors (Lipinski definition) is 5. The quantitative estimate of drug-likeness (QED) is 0.871. The number of piperidine rings is 1. The van der Waals surface area contributed by atoms with E-state index >= 15 is 0 Å². The molecule has 2 atom stereocenters. The van der Waals surface area contributed by atoms with Gasteiger partial charge in [-0.3, -0.25) is 4.98 Å². The predicted octanol–water partition coefficient (Wildman–Crippen LogP) is 2.52. The highest BCUT2D eigenvalue weighted by Gasteiger charge is 2.63. The van der Waals surface area contributed by atoms with Crippen molar-refractivity contribution in [3.63, 3.8) is 0 Å². The molecular formula is C19H23N3O4S. The first-order valence-electron chi connectivity index (χ1n) is 8.95. The molecule has 2 heterocycles. The molecule has 4 rings (SSSR count). The average Bonchev–Trinajstić information content (AvgIpc) is 3.11. The van der Waals surface area contributed by atoms with Crippen molar-refractivity contribution < 1.29 is 17.9 Å². The summed E-state index contributed by atoms with van der Waals surface area (Å²) in [6, 6.07) is 6.90. The van der Waals surface area contributed by atoms with Crippen LogP contribution in [0, 0.1) is 5.92 Å². The Kier molecular flexibility index (Phi) is 3.98. The first-order valence-corrected chi connectivity index (χ1v) is 10.4. The topological polar surface area (TPSA) is 88.6 Å². The molecule has 2 fully saturated rings. The lowest BCUT2D eigenvalue weighted by atomic mass is 10.2. The van der Waals surface area contributed by atoms with Crippen molar-refractivity contribution in [2.45, 2.75) is 43.2 Å². The molecule has 0 spiro atoms. The minimum atomic E-state index is -3.66. The van der Waals surface area contributed by atoms with Crippen molar-refractivity contribution in [1.29, 1.82) is 0 Å². The Morgan fingerprint density at radius 1 is 1.33 bits per heavy atom. The number of pyridine rings is 1. The number of nitrogens with zero attached hydrogens (tertiary/aromatic N) is 2. The summed E-state index contributed by atoms with van der Waals surface area (Å²) in [7, 11) is -3.66. The van der Waals surface area contributed by atoms with Crippen molar-refractivity contribution in [2.75, 3.05) is 13.1 Å². The van der Waals surface area contributed by atoms with Crippen LogP contribution in [0.4, 0.5) is 4.79 Å². The summed E-state index contributed by atoms with van der Waals surface area (Å²) >= 11 is 0. The molecule has 0 radical (unpaired) electrons. The monoisotopic (exact) mass is 389 g/mol. The molecule has 1 aliphatic carbocycles. The molecule has 7 nitrogen and oxygen atoms in total. The maximum Gasteiger partial charge on any atom is 0.408 e. The molecule has 1 saturated heterocycles. The summed E-state index contributed by atoms with van der Waals surface area (Å²) in [6.45, 7) is 6.07. The van der Waals surface area contributed by atoms with Crippen LogP contribution in [-0.2, 0) is 14.8 Å². The summed E-state index contributed by atoms with van der Waals surface area (Å²) in [6.07, 6.45) is 3.52.